The van der Waals surface area contributed by atoms with Gasteiger partial charge in [-0.1, -0.05) is 68.4 Å². The Kier molecular flexibility index (Phi) is 7.02. The number of rotatable bonds is 7. The van der Waals surface area contributed by atoms with Crippen molar-refractivity contribution < 1.29 is 4.79 Å². The van der Waals surface area contributed by atoms with Crippen LogP contribution >= 0.6 is 0 Å². The van der Waals surface area contributed by atoms with Crippen LogP contribution in [0, 0.1) is 0 Å². The summed E-state index contributed by atoms with van der Waals surface area (Å²) in [5.41, 5.74) is 3.90. The minimum Gasteiger partial charge on any atom is -0.351 e. The Hall–Kier alpha value is -2.17. The van der Waals surface area contributed by atoms with Crippen molar-refractivity contribution in [3.8, 4) is 0 Å². The van der Waals surface area contributed by atoms with E-state index in [1.54, 1.807) is 0 Å². The molecule has 0 radical (unpaired) electrons. The van der Waals surface area contributed by atoms with Gasteiger partial charge in [0.2, 0.25) is 5.91 Å². The first-order valence-corrected chi connectivity index (χ1v) is 9.94. The lowest BCUT2D eigenvalue weighted by Gasteiger charge is -2.34. The predicted molar refractivity (Wildman–Crippen MR) is 111 cm³/mol. The van der Waals surface area contributed by atoms with Crippen LogP contribution in [0.5, 0.6) is 0 Å². The van der Waals surface area contributed by atoms with E-state index >= 15 is 0 Å². The first-order chi connectivity index (χ1) is 13.1. The van der Waals surface area contributed by atoms with Gasteiger partial charge in [-0.25, -0.2) is 0 Å². The van der Waals surface area contributed by atoms with Gasteiger partial charge in [0.05, 0.1) is 6.54 Å². The lowest BCUT2D eigenvalue weighted by molar-refractivity contribution is -0.122. The van der Waals surface area contributed by atoms with E-state index < -0.39 is 0 Å². The Labute approximate surface area is 163 Å². The van der Waals surface area contributed by atoms with Crippen LogP contribution in [0.3, 0.4) is 0 Å². The number of nitrogens with zero attached hydrogens (tertiary/aromatic N) is 2. The molecule has 0 unspecified atom stereocenters. The maximum absolute atomic E-state index is 12.2. The van der Waals surface area contributed by atoms with Gasteiger partial charge in [0, 0.05) is 39.3 Å². The molecule has 0 bridgehead atoms. The van der Waals surface area contributed by atoms with E-state index in [0.717, 1.165) is 38.3 Å². The van der Waals surface area contributed by atoms with Crippen LogP contribution in [0.1, 0.15) is 36.5 Å². The second-order valence-electron chi connectivity index (χ2n) is 7.71. The zero-order valence-corrected chi connectivity index (χ0v) is 16.5. The van der Waals surface area contributed by atoms with E-state index in [9.17, 15) is 4.79 Å². The smallest absolute Gasteiger partial charge is 0.234 e. The average molecular weight is 366 g/mol. The summed E-state index contributed by atoms with van der Waals surface area (Å²) in [4.78, 5) is 16.9. The van der Waals surface area contributed by atoms with Crippen molar-refractivity contribution in [3.63, 3.8) is 0 Å². The molecule has 2 aromatic carbocycles. The highest BCUT2D eigenvalue weighted by Crippen LogP contribution is 2.16. The van der Waals surface area contributed by atoms with Crippen molar-refractivity contribution in [1.29, 1.82) is 0 Å². The summed E-state index contributed by atoms with van der Waals surface area (Å²) < 4.78 is 0. The molecule has 1 aliphatic rings. The van der Waals surface area contributed by atoms with Crippen molar-refractivity contribution in [2.24, 2.45) is 0 Å². The highest BCUT2D eigenvalue weighted by atomic mass is 16.2. The molecule has 4 heteroatoms. The normalized spacial score (nSPS) is 15.8. The molecular weight excluding hydrogens is 334 g/mol. The molecule has 0 saturated carbocycles. The standard InChI is InChI=1S/C23H31N3O/c1-19(2)22-10-8-21(9-11-22)17-25-12-14-26(15-13-25)18-23(27)24-16-20-6-4-3-5-7-20/h3-11,19H,12-18H2,1-2H3,(H,24,27). The van der Waals surface area contributed by atoms with E-state index in [0.29, 0.717) is 19.0 Å². The quantitative estimate of drug-likeness (QED) is 0.818. The molecule has 1 heterocycles. The first-order valence-electron chi connectivity index (χ1n) is 9.94. The Morgan fingerprint density at radius 1 is 0.889 bits per heavy atom. The molecular formula is C23H31N3O. The number of carbonyl (C=O) groups is 1. The molecule has 0 atom stereocenters. The monoisotopic (exact) mass is 365 g/mol. The highest BCUT2D eigenvalue weighted by Gasteiger charge is 2.19. The summed E-state index contributed by atoms with van der Waals surface area (Å²) in [6.45, 7) is 10.5. The number of piperazine rings is 1. The highest BCUT2D eigenvalue weighted by molar-refractivity contribution is 5.78. The Bertz CT molecular complexity index is 704. The van der Waals surface area contributed by atoms with Gasteiger partial charge in [0.1, 0.15) is 0 Å². The summed E-state index contributed by atoms with van der Waals surface area (Å²) in [6, 6.07) is 19.0. The molecule has 1 saturated heterocycles. The topological polar surface area (TPSA) is 35.6 Å². The number of benzene rings is 2. The van der Waals surface area contributed by atoms with Crippen molar-refractivity contribution in [1.82, 2.24) is 15.1 Å². The van der Waals surface area contributed by atoms with E-state index in [-0.39, 0.29) is 5.91 Å². The van der Waals surface area contributed by atoms with Gasteiger partial charge in [-0.15, -0.1) is 0 Å². The maximum Gasteiger partial charge on any atom is 0.234 e. The third-order valence-electron chi connectivity index (χ3n) is 5.22. The third kappa shape index (κ3) is 6.19. The molecule has 1 fully saturated rings. The number of amides is 1. The van der Waals surface area contributed by atoms with Crippen LogP contribution < -0.4 is 5.32 Å². The summed E-state index contributed by atoms with van der Waals surface area (Å²) in [6.07, 6.45) is 0. The zero-order valence-electron chi connectivity index (χ0n) is 16.5. The minimum absolute atomic E-state index is 0.108. The SMILES string of the molecule is CC(C)c1ccc(CN2CCN(CC(=O)NCc3ccccc3)CC2)cc1. The van der Waals surface area contributed by atoms with Crippen molar-refractivity contribution in [2.45, 2.75) is 32.9 Å². The van der Waals surface area contributed by atoms with Gasteiger partial charge in [0.15, 0.2) is 0 Å². The fraction of sp³-hybridized carbons (Fsp3) is 0.435. The van der Waals surface area contributed by atoms with Crippen LogP contribution in [-0.2, 0) is 17.9 Å². The van der Waals surface area contributed by atoms with Crippen molar-refractivity contribution in [3.05, 3.63) is 71.3 Å². The third-order valence-corrected chi connectivity index (χ3v) is 5.22. The molecule has 1 N–H and O–H groups in total. The predicted octanol–water partition coefficient (Wildman–Crippen LogP) is 3.24. The van der Waals surface area contributed by atoms with E-state index in [4.69, 9.17) is 0 Å². The Morgan fingerprint density at radius 2 is 1.52 bits per heavy atom. The van der Waals surface area contributed by atoms with E-state index in [1.807, 2.05) is 30.3 Å². The second kappa shape index (κ2) is 9.67. The minimum atomic E-state index is 0.108. The zero-order chi connectivity index (χ0) is 19.1. The molecule has 4 nitrogen and oxygen atoms in total. The molecule has 0 spiro atoms. The maximum atomic E-state index is 12.2. The molecule has 0 aromatic heterocycles. The Morgan fingerprint density at radius 3 is 2.15 bits per heavy atom. The lowest BCUT2D eigenvalue weighted by atomic mass is 10.0. The summed E-state index contributed by atoms with van der Waals surface area (Å²) in [5, 5.41) is 3.02. The molecule has 1 aliphatic heterocycles. The second-order valence-corrected chi connectivity index (χ2v) is 7.71. The number of hydrogen-bond acceptors (Lipinski definition) is 3. The molecule has 0 aliphatic carbocycles. The van der Waals surface area contributed by atoms with Crippen molar-refractivity contribution >= 4 is 5.91 Å². The number of hydrogen-bond donors (Lipinski definition) is 1. The average Bonchev–Trinajstić information content (AvgIpc) is 2.69. The van der Waals surface area contributed by atoms with Gasteiger partial charge >= 0.3 is 0 Å². The van der Waals surface area contributed by atoms with Gasteiger partial charge < -0.3 is 5.32 Å². The first kappa shape index (κ1) is 19.6. The van der Waals surface area contributed by atoms with Crippen LogP contribution in [0.25, 0.3) is 0 Å². The van der Waals surface area contributed by atoms with Crippen LogP contribution in [0.2, 0.25) is 0 Å². The lowest BCUT2D eigenvalue weighted by Crippen LogP contribution is -2.49. The largest absolute Gasteiger partial charge is 0.351 e. The molecule has 2 aromatic rings. The van der Waals surface area contributed by atoms with Gasteiger partial charge in [0.25, 0.3) is 0 Å². The van der Waals surface area contributed by atoms with Crippen LogP contribution in [-0.4, -0.2) is 48.4 Å². The summed E-state index contributed by atoms with van der Waals surface area (Å²) in [5.74, 6) is 0.687. The summed E-state index contributed by atoms with van der Waals surface area (Å²) in [7, 11) is 0. The summed E-state index contributed by atoms with van der Waals surface area (Å²) >= 11 is 0. The van der Waals surface area contributed by atoms with Crippen LogP contribution in [0.15, 0.2) is 54.6 Å². The van der Waals surface area contributed by atoms with Crippen LogP contribution in [0.4, 0.5) is 0 Å². The molecule has 27 heavy (non-hydrogen) atoms. The van der Waals surface area contributed by atoms with E-state index in [1.165, 1.54) is 11.1 Å². The van der Waals surface area contributed by atoms with Gasteiger partial charge in [-0.05, 0) is 22.6 Å². The van der Waals surface area contributed by atoms with E-state index in [2.05, 4.69) is 53.2 Å². The fourth-order valence-electron chi connectivity index (χ4n) is 3.43. The molecule has 144 valence electrons. The van der Waals surface area contributed by atoms with Crippen molar-refractivity contribution in [2.75, 3.05) is 32.7 Å². The number of carbonyl (C=O) groups excluding carboxylic acids is 1. The molecule has 3 rings (SSSR count). The van der Waals surface area contributed by atoms with Gasteiger partial charge in [-0.3, -0.25) is 14.6 Å². The number of nitrogens with one attached hydrogen (secondary N) is 1. The molecule has 1 amide bonds. The Balaban J connectivity index is 1.37. The fourth-order valence-corrected chi connectivity index (χ4v) is 3.43. The van der Waals surface area contributed by atoms with Gasteiger partial charge in [-0.2, -0.15) is 0 Å².